The lowest BCUT2D eigenvalue weighted by Crippen LogP contribution is -2.48. The molecule has 0 spiro atoms. The fourth-order valence-corrected chi connectivity index (χ4v) is 2.41. The van der Waals surface area contributed by atoms with Gasteiger partial charge in [-0.3, -0.25) is 9.80 Å². The molecular weight excluding hydrogens is 226 g/mol. The van der Waals surface area contributed by atoms with Gasteiger partial charge in [-0.15, -0.1) is 0 Å². The summed E-state index contributed by atoms with van der Waals surface area (Å²) in [7, 11) is 1.68. The number of hydrogen-bond donors (Lipinski definition) is 0. The molecule has 4 nitrogen and oxygen atoms in total. The Bertz CT molecular complexity index is 373. The average molecular weight is 249 g/mol. The minimum absolute atomic E-state index is 0.653. The molecule has 1 aromatic rings. The lowest BCUT2D eigenvalue weighted by atomic mass is 10.2. The average Bonchev–Trinajstić information content (AvgIpc) is 2.40. The van der Waals surface area contributed by atoms with Gasteiger partial charge in [-0.25, -0.2) is 4.98 Å². The SMILES string of the molecule is COc1ncccc1CN1CCN(C(C)C)CC1. The van der Waals surface area contributed by atoms with Crippen molar-refractivity contribution in [3.63, 3.8) is 0 Å². The van der Waals surface area contributed by atoms with Crippen LogP contribution in [0.25, 0.3) is 0 Å². The predicted octanol–water partition coefficient (Wildman–Crippen LogP) is 1.62. The molecule has 0 radical (unpaired) electrons. The summed E-state index contributed by atoms with van der Waals surface area (Å²) in [6.45, 7) is 10.0. The minimum atomic E-state index is 0.653. The van der Waals surface area contributed by atoms with Crippen molar-refractivity contribution < 1.29 is 4.74 Å². The Balaban J connectivity index is 1.91. The van der Waals surface area contributed by atoms with Gasteiger partial charge in [0.25, 0.3) is 0 Å². The molecule has 4 heteroatoms. The highest BCUT2D eigenvalue weighted by molar-refractivity contribution is 5.25. The van der Waals surface area contributed by atoms with Crippen molar-refractivity contribution in [3.8, 4) is 5.88 Å². The fourth-order valence-electron chi connectivity index (χ4n) is 2.41. The van der Waals surface area contributed by atoms with Gasteiger partial charge in [0, 0.05) is 50.5 Å². The van der Waals surface area contributed by atoms with Gasteiger partial charge in [-0.05, 0) is 19.9 Å². The first kappa shape index (κ1) is 13.3. The van der Waals surface area contributed by atoms with Crippen LogP contribution in [0.1, 0.15) is 19.4 Å². The zero-order valence-electron chi connectivity index (χ0n) is 11.6. The summed E-state index contributed by atoms with van der Waals surface area (Å²) in [5.74, 6) is 0.754. The van der Waals surface area contributed by atoms with Gasteiger partial charge in [-0.1, -0.05) is 6.07 Å². The molecule has 0 N–H and O–H groups in total. The first-order valence-corrected chi connectivity index (χ1v) is 6.65. The molecule has 18 heavy (non-hydrogen) atoms. The molecule has 1 aromatic heterocycles. The summed E-state index contributed by atoms with van der Waals surface area (Å²) in [5.41, 5.74) is 1.18. The summed E-state index contributed by atoms with van der Waals surface area (Å²) in [5, 5.41) is 0. The van der Waals surface area contributed by atoms with Gasteiger partial charge in [0.2, 0.25) is 5.88 Å². The van der Waals surface area contributed by atoms with E-state index in [2.05, 4.69) is 34.7 Å². The van der Waals surface area contributed by atoms with E-state index < -0.39 is 0 Å². The number of aromatic nitrogens is 1. The summed E-state index contributed by atoms with van der Waals surface area (Å²) in [4.78, 5) is 9.24. The van der Waals surface area contributed by atoms with E-state index in [9.17, 15) is 0 Å². The molecule has 1 saturated heterocycles. The fraction of sp³-hybridized carbons (Fsp3) is 0.643. The Hall–Kier alpha value is -1.13. The van der Waals surface area contributed by atoms with Crippen molar-refractivity contribution in [2.45, 2.75) is 26.4 Å². The smallest absolute Gasteiger partial charge is 0.217 e. The maximum Gasteiger partial charge on any atom is 0.217 e. The van der Waals surface area contributed by atoms with E-state index in [1.54, 1.807) is 13.3 Å². The zero-order valence-corrected chi connectivity index (χ0v) is 11.6. The Morgan fingerprint density at radius 2 is 2.00 bits per heavy atom. The van der Waals surface area contributed by atoms with Gasteiger partial charge in [0.05, 0.1) is 7.11 Å². The van der Waals surface area contributed by atoms with Gasteiger partial charge in [-0.2, -0.15) is 0 Å². The quantitative estimate of drug-likeness (QED) is 0.810. The second-order valence-corrected chi connectivity index (χ2v) is 5.08. The maximum atomic E-state index is 5.30. The normalized spacial score (nSPS) is 18.2. The van der Waals surface area contributed by atoms with Crippen molar-refractivity contribution >= 4 is 0 Å². The summed E-state index contributed by atoms with van der Waals surface area (Å²) < 4.78 is 5.30. The molecule has 0 atom stereocenters. The molecule has 1 aliphatic heterocycles. The summed E-state index contributed by atoms with van der Waals surface area (Å²) in [6.07, 6.45) is 1.78. The highest BCUT2D eigenvalue weighted by atomic mass is 16.5. The number of methoxy groups -OCH3 is 1. The molecule has 0 aromatic carbocycles. The maximum absolute atomic E-state index is 5.30. The molecule has 0 bridgehead atoms. The number of pyridine rings is 1. The van der Waals surface area contributed by atoms with Gasteiger partial charge < -0.3 is 4.74 Å². The van der Waals surface area contributed by atoms with Crippen LogP contribution in [-0.2, 0) is 6.54 Å². The highest BCUT2D eigenvalue weighted by Crippen LogP contribution is 2.17. The van der Waals surface area contributed by atoms with Crippen LogP contribution < -0.4 is 4.74 Å². The number of nitrogens with zero attached hydrogens (tertiary/aromatic N) is 3. The third-order valence-electron chi connectivity index (χ3n) is 3.57. The van der Waals surface area contributed by atoms with Gasteiger partial charge in [0.15, 0.2) is 0 Å². The largest absolute Gasteiger partial charge is 0.481 e. The van der Waals surface area contributed by atoms with E-state index in [4.69, 9.17) is 4.74 Å². The van der Waals surface area contributed by atoms with E-state index in [1.807, 2.05) is 6.07 Å². The predicted molar refractivity (Wildman–Crippen MR) is 72.8 cm³/mol. The minimum Gasteiger partial charge on any atom is -0.481 e. The molecule has 1 aliphatic rings. The Morgan fingerprint density at radius 1 is 1.28 bits per heavy atom. The standard InChI is InChI=1S/C14H23N3O/c1-12(2)17-9-7-16(8-10-17)11-13-5-4-6-15-14(13)18-3/h4-6,12H,7-11H2,1-3H3. The molecule has 1 fully saturated rings. The van der Waals surface area contributed by atoms with Gasteiger partial charge >= 0.3 is 0 Å². The lowest BCUT2D eigenvalue weighted by Gasteiger charge is -2.36. The van der Waals surface area contributed by atoms with Crippen LogP contribution >= 0.6 is 0 Å². The van der Waals surface area contributed by atoms with Crippen molar-refractivity contribution in [2.24, 2.45) is 0 Å². The summed E-state index contributed by atoms with van der Waals surface area (Å²) in [6, 6.07) is 4.73. The second kappa shape index (κ2) is 6.16. The number of piperazine rings is 1. The van der Waals surface area contributed by atoms with Crippen molar-refractivity contribution in [1.82, 2.24) is 14.8 Å². The van der Waals surface area contributed by atoms with Crippen LogP contribution in [0.2, 0.25) is 0 Å². The molecule has 2 rings (SSSR count). The van der Waals surface area contributed by atoms with Crippen LogP contribution in [0.4, 0.5) is 0 Å². The van der Waals surface area contributed by atoms with Crippen LogP contribution in [0, 0.1) is 0 Å². The molecule has 100 valence electrons. The topological polar surface area (TPSA) is 28.6 Å². The molecule has 0 unspecified atom stereocenters. The second-order valence-electron chi connectivity index (χ2n) is 5.08. The van der Waals surface area contributed by atoms with E-state index in [-0.39, 0.29) is 0 Å². The number of rotatable bonds is 4. The first-order valence-electron chi connectivity index (χ1n) is 6.65. The third kappa shape index (κ3) is 3.21. The van der Waals surface area contributed by atoms with E-state index in [1.165, 1.54) is 5.56 Å². The van der Waals surface area contributed by atoms with Crippen LogP contribution in [-0.4, -0.2) is 54.1 Å². The van der Waals surface area contributed by atoms with Crippen LogP contribution in [0.5, 0.6) is 5.88 Å². The third-order valence-corrected chi connectivity index (χ3v) is 3.57. The van der Waals surface area contributed by atoms with Crippen molar-refractivity contribution in [2.75, 3.05) is 33.3 Å². The summed E-state index contributed by atoms with van der Waals surface area (Å²) >= 11 is 0. The molecule has 2 heterocycles. The number of ether oxygens (including phenoxy) is 1. The number of hydrogen-bond acceptors (Lipinski definition) is 4. The molecule has 0 saturated carbocycles. The van der Waals surface area contributed by atoms with E-state index in [0.717, 1.165) is 38.6 Å². The van der Waals surface area contributed by atoms with Crippen molar-refractivity contribution in [3.05, 3.63) is 23.9 Å². The van der Waals surface area contributed by atoms with E-state index >= 15 is 0 Å². The van der Waals surface area contributed by atoms with Crippen LogP contribution in [0.3, 0.4) is 0 Å². The molecule has 0 amide bonds. The first-order chi connectivity index (χ1) is 8.70. The van der Waals surface area contributed by atoms with Crippen molar-refractivity contribution in [1.29, 1.82) is 0 Å². The monoisotopic (exact) mass is 249 g/mol. The Morgan fingerprint density at radius 3 is 2.61 bits per heavy atom. The highest BCUT2D eigenvalue weighted by Gasteiger charge is 2.19. The zero-order chi connectivity index (χ0) is 13.0. The van der Waals surface area contributed by atoms with E-state index in [0.29, 0.717) is 6.04 Å². The molecule has 0 aliphatic carbocycles. The van der Waals surface area contributed by atoms with Gasteiger partial charge in [0.1, 0.15) is 0 Å². The lowest BCUT2D eigenvalue weighted by molar-refractivity contribution is 0.103. The Kier molecular flexibility index (Phi) is 4.55. The Labute approximate surface area is 110 Å². The molecular formula is C14H23N3O. The van der Waals surface area contributed by atoms with Crippen LogP contribution in [0.15, 0.2) is 18.3 Å².